The molecule has 0 aromatic carbocycles. The van der Waals surface area contributed by atoms with Crippen molar-refractivity contribution in [2.75, 3.05) is 11.9 Å². The van der Waals surface area contributed by atoms with Crippen LogP contribution in [-0.2, 0) is 12.8 Å². The molecule has 0 unspecified atom stereocenters. The third-order valence-corrected chi connectivity index (χ3v) is 4.52. The lowest BCUT2D eigenvalue weighted by molar-refractivity contribution is 0.766. The zero-order valence-corrected chi connectivity index (χ0v) is 13.0. The highest BCUT2D eigenvalue weighted by atomic mass is 32.2. The number of fused-ring (bicyclic) bond motifs is 1. The first kappa shape index (κ1) is 13.4. The topological polar surface area (TPSA) is 55.6 Å². The summed E-state index contributed by atoms with van der Waals surface area (Å²) in [6.45, 7) is 2.93. The number of aryl methyl sites for hydroxylation is 1. The van der Waals surface area contributed by atoms with Crippen LogP contribution < -0.4 is 5.32 Å². The van der Waals surface area contributed by atoms with Crippen molar-refractivity contribution in [1.82, 2.24) is 19.7 Å². The molecule has 0 aliphatic heterocycles. The predicted octanol–water partition coefficient (Wildman–Crippen LogP) is 3.15. The third kappa shape index (κ3) is 2.78. The fourth-order valence-electron chi connectivity index (χ4n) is 1.89. The Balaban J connectivity index is 1.83. The van der Waals surface area contributed by atoms with Crippen molar-refractivity contribution >= 4 is 39.1 Å². The molecule has 0 fully saturated rings. The van der Waals surface area contributed by atoms with Crippen LogP contribution in [0.2, 0.25) is 0 Å². The van der Waals surface area contributed by atoms with Crippen molar-refractivity contribution in [2.45, 2.75) is 17.6 Å². The molecule has 3 rings (SSSR count). The van der Waals surface area contributed by atoms with Crippen molar-refractivity contribution in [3.63, 3.8) is 0 Å². The number of anilines is 1. The van der Waals surface area contributed by atoms with Gasteiger partial charge in [0.05, 0.1) is 17.3 Å². The van der Waals surface area contributed by atoms with Gasteiger partial charge in [0.15, 0.2) is 0 Å². The molecular formula is C13H15N5S2. The second kappa shape index (κ2) is 5.80. The van der Waals surface area contributed by atoms with Crippen LogP contribution >= 0.6 is 23.1 Å². The van der Waals surface area contributed by atoms with Crippen LogP contribution in [0, 0.1) is 0 Å². The largest absolute Gasteiger partial charge is 0.370 e. The van der Waals surface area contributed by atoms with Gasteiger partial charge in [0.2, 0.25) is 0 Å². The van der Waals surface area contributed by atoms with Gasteiger partial charge in [-0.05, 0) is 18.4 Å². The molecule has 0 spiro atoms. The summed E-state index contributed by atoms with van der Waals surface area (Å²) in [7, 11) is 1.92. The quantitative estimate of drug-likeness (QED) is 0.734. The monoisotopic (exact) mass is 305 g/mol. The smallest absolute Gasteiger partial charge is 0.142 e. The second-order valence-electron chi connectivity index (χ2n) is 4.30. The summed E-state index contributed by atoms with van der Waals surface area (Å²) in [5.41, 5.74) is 0. The van der Waals surface area contributed by atoms with Crippen LogP contribution in [0.15, 0.2) is 28.7 Å². The molecule has 5 nitrogen and oxygen atoms in total. The summed E-state index contributed by atoms with van der Waals surface area (Å²) in [4.78, 5) is 11.4. The van der Waals surface area contributed by atoms with E-state index in [1.165, 1.54) is 0 Å². The third-order valence-electron chi connectivity index (χ3n) is 2.76. The molecule has 3 aromatic heterocycles. The van der Waals surface area contributed by atoms with E-state index in [0.29, 0.717) is 0 Å². The molecule has 20 heavy (non-hydrogen) atoms. The molecule has 0 aliphatic rings. The Labute approximate surface area is 125 Å². The van der Waals surface area contributed by atoms with Crippen LogP contribution in [-0.4, -0.2) is 26.3 Å². The zero-order chi connectivity index (χ0) is 13.9. The fourth-order valence-corrected chi connectivity index (χ4v) is 3.44. The second-order valence-corrected chi connectivity index (χ2v) is 6.24. The van der Waals surface area contributed by atoms with Crippen molar-refractivity contribution in [1.29, 1.82) is 0 Å². The minimum Gasteiger partial charge on any atom is -0.370 e. The van der Waals surface area contributed by atoms with Crippen LogP contribution in [0.25, 0.3) is 10.2 Å². The number of nitrogens with one attached hydrogen (secondary N) is 1. The van der Waals surface area contributed by atoms with E-state index in [2.05, 4.69) is 38.8 Å². The van der Waals surface area contributed by atoms with Crippen LogP contribution in [0.4, 0.5) is 5.82 Å². The van der Waals surface area contributed by atoms with E-state index in [4.69, 9.17) is 0 Å². The molecule has 0 aliphatic carbocycles. The van der Waals surface area contributed by atoms with Gasteiger partial charge in [-0.15, -0.1) is 23.1 Å². The number of thiophene rings is 1. The predicted molar refractivity (Wildman–Crippen MR) is 84.3 cm³/mol. The number of nitrogens with zero attached hydrogens (tertiary/aromatic N) is 4. The Kier molecular flexibility index (Phi) is 3.88. The number of rotatable bonds is 5. The highest BCUT2D eigenvalue weighted by Crippen LogP contribution is 2.27. The SMILES string of the molecule is CCNc1nc(CSc2cnn(C)c2)nc2sccc12. The molecule has 0 amide bonds. The van der Waals surface area contributed by atoms with Crippen molar-refractivity contribution < 1.29 is 0 Å². The standard InChI is InChI=1S/C13H15N5S2/c1-3-14-12-10-4-5-19-13(10)17-11(16-12)8-20-9-6-15-18(2)7-9/h4-7H,3,8H2,1-2H3,(H,14,16,17). The van der Waals surface area contributed by atoms with Gasteiger partial charge >= 0.3 is 0 Å². The average molecular weight is 305 g/mol. The molecule has 0 saturated heterocycles. The van der Waals surface area contributed by atoms with Gasteiger partial charge in [0.1, 0.15) is 16.5 Å². The van der Waals surface area contributed by atoms with E-state index in [1.807, 2.05) is 19.4 Å². The Bertz CT molecular complexity index is 718. The molecule has 104 valence electrons. The van der Waals surface area contributed by atoms with Gasteiger partial charge in [-0.25, -0.2) is 9.97 Å². The van der Waals surface area contributed by atoms with E-state index in [-0.39, 0.29) is 0 Å². The molecule has 0 radical (unpaired) electrons. The summed E-state index contributed by atoms with van der Waals surface area (Å²) in [5, 5.41) is 10.6. The molecule has 7 heteroatoms. The maximum Gasteiger partial charge on any atom is 0.142 e. The first-order chi connectivity index (χ1) is 9.76. The van der Waals surface area contributed by atoms with Gasteiger partial charge in [-0.1, -0.05) is 0 Å². The minimum atomic E-state index is 0.748. The molecule has 0 atom stereocenters. The first-order valence-corrected chi connectivity index (χ1v) is 8.22. The minimum absolute atomic E-state index is 0.748. The highest BCUT2D eigenvalue weighted by Gasteiger charge is 2.09. The zero-order valence-electron chi connectivity index (χ0n) is 11.3. The van der Waals surface area contributed by atoms with Crippen LogP contribution in [0.3, 0.4) is 0 Å². The summed E-state index contributed by atoms with van der Waals surface area (Å²) in [6, 6.07) is 2.07. The van der Waals surface area contributed by atoms with Crippen molar-refractivity contribution in [3.8, 4) is 0 Å². The van der Waals surface area contributed by atoms with E-state index in [0.717, 1.165) is 39.1 Å². The molecule has 3 aromatic rings. The maximum atomic E-state index is 4.62. The normalized spacial score (nSPS) is 11.1. The van der Waals surface area contributed by atoms with Gasteiger partial charge < -0.3 is 5.32 Å². The van der Waals surface area contributed by atoms with E-state index in [9.17, 15) is 0 Å². The fraction of sp³-hybridized carbons (Fsp3) is 0.308. The van der Waals surface area contributed by atoms with Crippen molar-refractivity contribution in [2.24, 2.45) is 7.05 Å². The Hall–Kier alpha value is -1.60. The average Bonchev–Trinajstić information content (AvgIpc) is 3.05. The lowest BCUT2D eigenvalue weighted by Crippen LogP contribution is -2.03. The lowest BCUT2D eigenvalue weighted by Gasteiger charge is -2.06. The molecular weight excluding hydrogens is 290 g/mol. The maximum absolute atomic E-state index is 4.62. The molecule has 0 bridgehead atoms. The summed E-state index contributed by atoms with van der Waals surface area (Å²) in [6.07, 6.45) is 3.86. The number of hydrogen-bond acceptors (Lipinski definition) is 6. The van der Waals surface area contributed by atoms with Gasteiger partial charge in [-0.2, -0.15) is 5.10 Å². The summed E-state index contributed by atoms with van der Waals surface area (Å²) >= 11 is 3.35. The summed E-state index contributed by atoms with van der Waals surface area (Å²) in [5.74, 6) is 2.53. The molecule has 1 N–H and O–H groups in total. The summed E-state index contributed by atoms with van der Waals surface area (Å²) < 4.78 is 1.80. The Morgan fingerprint density at radius 3 is 3.05 bits per heavy atom. The molecule has 0 saturated carbocycles. The number of hydrogen-bond donors (Lipinski definition) is 1. The van der Waals surface area contributed by atoms with E-state index in [1.54, 1.807) is 27.8 Å². The number of thioether (sulfide) groups is 1. The highest BCUT2D eigenvalue weighted by molar-refractivity contribution is 7.98. The van der Waals surface area contributed by atoms with Crippen LogP contribution in [0.5, 0.6) is 0 Å². The first-order valence-electron chi connectivity index (χ1n) is 6.35. The van der Waals surface area contributed by atoms with Crippen LogP contribution in [0.1, 0.15) is 12.7 Å². The van der Waals surface area contributed by atoms with Gasteiger partial charge in [0, 0.05) is 24.7 Å². The van der Waals surface area contributed by atoms with E-state index >= 15 is 0 Å². The van der Waals surface area contributed by atoms with E-state index < -0.39 is 0 Å². The van der Waals surface area contributed by atoms with Crippen molar-refractivity contribution in [3.05, 3.63) is 29.7 Å². The lowest BCUT2D eigenvalue weighted by atomic mass is 10.3. The molecule has 3 heterocycles. The Morgan fingerprint density at radius 2 is 2.30 bits per heavy atom. The number of aromatic nitrogens is 4. The van der Waals surface area contributed by atoms with Gasteiger partial charge in [0.25, 0.3) is 0 Å². The van der Waals surface area contributed by atoms with Gasteiger partial charge in [-0.3, -0.25) is 4.68 Å². The Morgan fingerprint density at radius 1 is 1.40 bits per heavy atom.